The van der Waals surface area contributed by atoms with E-state index in [2.05, 4.69) is 0 Å². The minimum Gasteiger partial charge on any atom is -0.480 e. The molecule has 0 amide bonds. The summed E-state index contributed by atoms with van der Waals surface area (Å²) < 4.78 is 0. The van der Waals surface area contributed by atoms with E-state index in [1.165, 1.54) is 0 Å². The number of rotatable bonds is 7. The predicted octanol–water partition coefficient (Wildman–Crippen LogP) is 1.71. The molecule has 1 atom stereocenters. The molecule has 78 valence electrons. The lowest BCUT2D eigenvalue weighted by Gasteiger charge is -2.23. The first-order valence-electron chi connectivity index (χ1n) is 4.58. The van der Waals surface area contributed by atoms with Crippen molar-refractivity contribution in [3.8, 4) is 0 Å². The second-order valence-corrected chi connectivity index (χ2v) is 4.29. The zero-order valence-electron chi connectivity index (χ0n) is 8.38. The van der Waals surface area contributed by atoms with Crippen molar-refractivity contribution in [2.24, 2.45) is 5.73 Å². The summed E-state index contributed by atoms with van der Waals surface area (Å²) >= 11 is 1.64. The highest BCUT2D eigenvalue weighted by Gasteiger charge is 2.32. The van der Waals surface area contributed by atoms with Crippen molar-refractivity contribution in [3.05, 3.63) is 0 Å². The van der Waals surface area contributed by atoms with Gasteiger partial charge in [-0.3, -0.25) is 4.79 Å². The Morgan fingerprint density at radius 2 is 2.15 bits per heavy atom. The topological polar surface area (TPSA) is 63.3 Å². The van der Waals surface area contributed by atoms with Gasteiger partial charge in [-0.25, -0.2) is 0 Å². The monoisotopic (exact) mass is 205 g/mol. The van der Waals surface area contributed by atoms with Crippen molar-refractivity contribution in [3.63, 3.8) is 0 Å². The Morgan fingerprint density at radius 3 is 2.54 bits per heavy atom. The number of hydrogen-bond donors (Lipinski definition) is 2. The van der Waals surface area contributed by atoms with Crippen LogP contribution in [-0.2, 0) is 4.79 Å². The first-order chi connectivity index (χ1) is 6.06. The highest BCUT2D eigenvalue weighted by atomic mass is 32.2. The van der Waals surface area contributed by atoms with E-state index in [0.717, 1.165) is 18.6 Å². The van der Waals surface area contributed by atoms with Gasteiger partial charge in [0.25, 0.3) is 0 Å². The van der Waals surface area contributed by atoms with Crippen molar-refractivity contribution >= 4 is 17.7 Å². The Labute approximate surface area is 84.1 Å². The third-order valence-corrected chi connectivity index (χ3v) is 2.77. The Kier molecular flexibility index (Phi) is 6.16. The van der Waals surface area contributed by atoms with Crippen molar-refractivity contribution in [1.29, 1.82) is 0 Å². The maximum Gasteiger partial charge on any atom is 0.323 e. The van der Waals surface area contributed by atoms with Crippen LogP contribution in [0.1, 0.15) is 32.6 Å². The third kappa shape index (κ3) is 4.52. The van der Waals surface area contributed by atoms with Crippen LogP contribution in [0.25, 0.3) is 0 Å². The van der Waals surface area contributed by atoms with Gasteiger partial charge in [0.15, 0.2) is 0 Å². The number of carboxylic acids is 1. The molecule has 0 radical (unpaired) electrons. The molecule has 0 bridgehead atoms. The minimum absolute atomic E-state index is 0.559. The Hall–Kier alpha value is -0.220. The van der Waals surface area contributed by atoms with Gasteiger partial charge >= 0.3 is 5.97 Å². The van der Waals surface area contributed by atoms with Crippen molar-refractivity contribution in [2.45, 2.75) is 38.1 Å². The van der Waals surface area contributed by atoms with E-state index >= 15 is 0 Å². The molecule has 0 heterocycles. The highest BCUT2D eigenvalue weighted by molar-refractivity contribution is 7.98. The SMILES string of the molecule is CCCC[C@@](N)(CCSC)C(=O)O. The molecule has 0 aliphatic rings. The molecule has 0 aliphatic heterocycles. The van der Waals surface area contributed by atoms with Gasteiger partial charge in [-0.15, -0.1) is 0 Å². The molecule has 0 aromatic carbocycles. The van der Waals surface area contributed by atoms with Gasteiger partial charge in [-0.2, -0.15) is 11.8 Å². The van der Waals surface area contributed by atoms with E-state index in [4.69, 9.17) is 10.8 Å². The smallest absolute Gasteiger partial charge is 0.323 e. The fourth-order valence-electron chi connectivity index (χ4n) is 1.12. The summed E-state index contributed by atoms with van der Waals surface area (Å²) in [6.07, 6.45) is 4.98. The van der Waals surface area contributed by atoms with E-state index < -0.39 is 11.5 Å². The van der Waals surface area contributed by atoms with Gasteiger partial charge in [0.05, 0.1) is 0 Å². The highest BCUT2D eigenvalue weighted by Crippen LogP contribution is 2.18. The summed E-state index contributed by atoms with van der Waals surface area (Å²) in [7, 11) is 0. The summed E-state index contributed by atoms with van der Waals surface area (Å²) in [5, 5.41) is 8.95. The summed E-state index contributed by atoms with van der Waals surface area (Å²) in [5.74, 6) is -0.0537. The molecule has 0 saturated carbocycles. The van der Waals surface area contributed by atoms with Crippen LogP contribution in [0.15, 0.2) is 0 Å². The lowest BCUT2D eigenvalue weighted by Crippen LogP contribution is -2.48. The van der Waals surface area contributed by atoms with Gasteiger partial charge in [0.1, 0.15) is 5.54 Å². The average Bonchev–Trinajstić information content (AvgIpc) is 2.11. The first kappa shape index (κ1) is 12.8. The number of unbranched alkanes of at least 4 members (excludes halogenated alkanes) is 1. The molecule has 0 aromatic heterocycles. The largest absolute Gasteiger partial charge is 0.480 e. The van der Waals surface area contributed by atoms with Crippen LogP contribution in [-0.4, -0.2) is 28.6 Å². The summed E-state index contributed by atoms with van der Waals surface area (Å²) in [6.45, 7) is 2.04. The molecule has 13 heavy (non-hydrogen) atoms. The van der Waals surface area contributed by atoms with E-state index in [9.17, 15) is 4.79 Å². The summed E-state index contributed by atoms with van der Waals surface area (Å²) in [6, 6.07) is 0. The average molecular weight is 205 g/mol. The van der Waals surface area contributed by atoms with Crippen molar-refractivity contribution in [2.75, 3.05) is 12.0 Å². The van der Waals surface area contributed by atoms with Crippen molar-refractivity contribution < 1.29 is 9.90 Å². The van der Waals surface area contributed by atoms with Crippen LogP contribution < -0.4 is 5.73 Å². The number of hydrogen-bond acceptors (Lipinski definition) is 3. The Morgan fingerprint density at radius 1 is 1.54 bits per heavy atom. The predicted molar refractivity (Wildman–Crippen MR) is 57.1 cm³/mol. The molecule has 0 spiro atoms. The maximum absolute atomic E-state index is 10.9. The molecule has 3 nitrogen and oxygen atoms in total. The standard InChI is InChI=1S/C9H19NO2S/c1-3-4-5-9(10,8(11)12)6-7-13-2/h3-7,10H2,1-2H3,(H,11,12)/t9-/m1/s1. The number of thioether (sulfide) groups is 1. The van der Waals surface area contributed by atoms with Crippen molar-refractivity contribution in [1.82, 2.24) is 0 Å². The molecule has 0 rings (SSSR count). The zero-order valence-corrected chi connectivity index (χ0v) is 9.19. The van der Waals surface area contributed by atoms with Gasteiger partial charge in [-0.1, -0.05) is 19.8 Å². The number of carboxylic acid groups (broad SMARTS) is 1. The molecule has 0 aliphatic carbocycles. The number of carbonyl (C=O) groups is 1. The van der Waals surface area contributed by atoms with Gasteiger partial charge in [0, 0.05) is 0 Å². The van der Waals surface area contributed by atoms with E-state index in [0.29, 0.717) is 12.8 Å². The number of aliphatic carboxylic acids is 1. The lowest BCUT2D eigenvalue weighted by atomic mass is 9.91. The van der Waals surface area contributed by atoms with E-state index in [1.807, 2.05) is 13.2 Å². The maximum atomic E-state index is 10.9. The Bertz CT molecular complexity index is 154. The molecular weight excluding hydrogens is 186 g/mol. The van der Waals surface area contributed by atoms with Crippen LogP contribution in [0.4, 0.5) is 0 Å². The minimum atomic E-state index is -1.00. The fourth-order valence-corrected chi connectivity index (χ4v) is 1.68. The third-order valence-electron chi connectivity index (χ3n) is 2.15. The molecule has 0 saturated heterocycles. The van der Waals surface area contributed by atoms with E-state index in [1.54, 1.807) is 11.8 Å². The quantitative estimate of drug-likeness (QED) is 0.664. The second kappa shape index (κ2) is 6.27. The van der Waals surface area contributed by atoms with Gasteiger partial charge in [0.2, 0.25) is 0 Å². The molecule has 0 unspecified atom stereocenters. The van der Waals surface area contributed by atoms with E-state index in [-0.39, 0.29) is 0 Å². The fraction of sp³-hybridized carbons (Fsp3) is 0.889. The van der Waals surface area contributed by atoms with Crippen LogP contribution in [0.5, 0.6) is 0 Å². The molecule has 0 aromatic rings. The number of nitrogens with two attached hydrogens (primary N) is 1. The second-order valence-electron chi connectivity index (χ2n) is 3.31. The van der Waals surface area contributed by atoms with Gasteiger partial charge in [-0.05, 0) is 24.9 Å². The normalized spacial score (nSPS) is 15.3. The van der Waals surface area contributed by atoms with Crippen LogP contribution in [0, 0.1) is 0 Å². The molecular formula is C9H19NO2S. The summed E-state index contributed by atoms with van der Waals surface area (Å²) in [5.41, 5.74) is 4.80. The molecule has 3 N–H and O–H groups in total. The van der Waals surface area contributed by atoms with Crippen LogP contribution in [0.2, 0.25) is 0 Å². The molecule has 0 fully saturated rings. The lowest BCUT2D eigenvalue weighted by molar-refractivity contribution is -0.143. The first-order valence-corrected chi connectivity index (χ1v) is 5.97. The Balaban J connectivity index is 4.08. The zero-order chi connectivity index (χ0) is 10.3. The molecule has 4 heteroatoms. The van der Waals surface area contributed by atoms with Crippen LogP contribution >= 0.6 is 11.8 Å². The van der Waals surface area contributed by atoms with Gasteiger partial charge < -0.3 is 10.8 Å². The van der Waals surface area contributed by atoms with Crippen LogP contribution in [0.3, 0.4) is 0 Å². The summed E-state index contributed by atoms with van der Waals surface area (Å²) in [4.78, 5) is 10.9.